The number of amides is 1. The Kier molecular flexibility index (Phi) is 4.19. The topological polar surface area (TPSA) is 40.5 Å². The Bertz CT molecular complexity index is 178. The summed E-state index contributed by atoms with van der Waals surface area (Å²) >= 11 is 3.34. The first-order valence-corrected chi connectivity index (χ1v) is 5.67. The van der Waals surface area contributed by atoms with Crippen molar-refractivity contribution in [2.24, 2.45) is 0 Å². The number of likely N-dealkylation sites (tertiary alicyclic amines) is 1. The average Bonchev–Trinajstić information content (AvgIpc) is 2.17. The summed E-state index contributed by atoms with van der Waals surface area (Å²) in [5, 5.41) is 9.25. The molecule has 13 heavy (non-hydrogen) atoms. The molecule has 0 aliphatic carbocycles. The summed E-state index contributed by atoms with van der Waals surface area (Å²) < 4.78 is 0. The van der Waals surface area contributed by atoms with E-state index in [1.165, 1.54) is 0 Å². The summed E-state index contributed by atoms with van der Waals surface area (Å²) in [4.78, 5) is 13.4. The fourth-order valence-corrected chi connectivity index (χ4v) is 1.75. The number of rotatable bonds is 2. The number of carbonyl (C=O) groups is 1. The number of hydrogen-bond donors (Lipinski definition) is 1. The molecule has 1 atom stereocenters. The van der Waals surface area contributed by atoms with Gasteiger partial charge in [0.15, 0.2) is 0 Å². The molecule has 1 rings (SSSR count). The van der Waals surface area contributed by atoms with E-state index in [0.29, 0.717) is 13.1 Å². The number of aliphatic hydroxyl groups is 1. The zero-order valence-electron chi connectivity index (χ0n) is 7.87. The van der Waals surface area contributed by atoms with Crippen LogP contribution in [0.5, 0.6) is 0 Å². The Morgan fingerprint density at radius 1 is 1.62 bits per heavy atom. The molecule has 0 saturated carbocycles. The highest BCUT2D eigenvalue weighted by Gasteiger charge is 2.24. The Morgan fingerprint density at radius 2 is 2.15 bits per heavy atom. The second-order valence-electron chi connectivity index (χ2n) is 3.43. The molecular formula is C9H16BrNO2. The molecule has 0 bridgehead atoms. The minimum atomic E-state index is -0.209. The van der Waals surface area contributed by atoms with Crippen molar-refractivity contribution < 1.29 is 9.90 Å². The van der Waals surface area contributed by atoms with Crippen LogP contribution in [0.4, 0.5) is 0 Å². The van der Waals surface area contributed by atoms with Crippen LogP contribution in [0, 0.1) is 0 Å². The third-order valence-electron chi connectivity index (χ3n) is 2.40. The van der Waals surface area contributed by atoms with E-state index in [-0.39, 0.29) is 16.8 Å². The highest BCUT2D eigenvalue weighted by Crippen LogP contribution is 2.15. The van der Waals surface area contributed by atoms with Crippen molar-refractivity contribution in [2.45, 2.75) is 37.1 Å². The molecule has 1 fully saturated rings. The van der Waals surface area contributed by atoms with E-state index < -0.39 is 0 Å². The monoisotopic (exact) mass is 249 g/mol. The fourth-order valence-electron chi connectivity index (χ4n) is 1.46. The highest BCUT2D eigenvalue weighted by molar-refractivity contribution is 9.10. The van der Waals surface area contributed by atoms with E-state index in [4.69, 9.17) is 0 Å². The van der Waals surface area contributed by atoms with E-state index in [0.717, 1.165) is 19.3 Å². The van der Waals surface area contributed by atoms with Crippen molar-refractivity contribution in [3.8, 4) is 0 Å². The van der Waals surface area contributed by atoms with E-state index in [9.17, 15) is 9.90 Å². The van der Waals surface area contributed by atoms with Crippen molar-refractivity contribution >= 4 is 21.8 Å². The van der Waals surface area contributed by atoms with E-state index in [1.807, 2.05) is 11.8 Å². The maximum absolute atomic E-state index is 11.6. The number of nitrogens with zero attached hydrogens (tertiary/aromatic N) is 1. The molecule has 1 aliphatic rings. The normalized spacial score (nSPS) is 21.6. The molecule has 1 aliphatic heterocycles. The second-order valence-corrected chi connectivity index (χ2v) is 4.54. The number of aliphatic hydroxyl groups excluding tert-OH is 1. The third-order valence-corrected chi connectivity index (χ3v) is 3.44. The second kappa shape index (κ2) is 4.96. The molecule has 0 aromatic heterocycles. The molecule has 0 radical (unpaired) electrons. The van der Waals surface area contributed by atoms with Crippen LogP contribution in [-0.2, 0) is 4.79 Å². The minimum Gasteiger partial charge on any atom is -0.393 e. The number of carbonyl (C=O) groups excluding carboxylic acids is 1. The summed E-state index contributed by atoms with van der Waals surface area (Å²) in [6.07, 6.45) is 2.04. The van der Waals surface area contributed by atoms with Crippen molar-refractivity contribution in [3.05, 3.63) is 0 Å². The van der Waals surface area contributed by atoms with Crippen LogP contribution in [0.1, 0.15) is 26.2 Å². The summed E-state index contributed by atoms with van der Waals surface area (Å²) in [5.74, 6) is 0.161. The van der Waals surface area contributed by atoms with Gasteiger partial charge in [-0.1, -0.05) is 22.9 Å². The van der Waals surface area contributed by atoms with Gasteiger partial charge in [0.25, 0.3) is 0 Å². The molecule has 0 aromatic carbocycles. The van der Waals surface area contributed by atoms with Crippen molar-refractivity contribution in [3.63, 3.8) is 0 Å². The first-order valence-electron chi connectivity index (χ1n) is 4.76. The summed E-state index contributed by atoms with van der Waals surface area (Å²) in [6.45, 7) is 3.38. The number of piperidine rings is 1. The highest BCUT2D eigenvalue weighted by atomic mass is 79.9. The first kappa shape index (κ1) is 11.0. The molecule has 0 spiro atoms. The van der Waals surface area contributed by atoms with Gasteiger partial charge in [0.1, 0.15) is 0 Å². The Balaban J connectivity index is 2.40. The molecule has 76 valence electrons. The van der Waals surface area contributed by atoms with Crippen molar-refractivity contribution in [2.75, 3.05) is 13.1 Å². The van der Waals surface area contributed by atoms with Crippen LogP contribution < -0.4 is 0 Å². The van der Waals surface area contributed by atoms with Gasteiger partial charge in [-0.2, -0.15) is 0 Å². The molecule has 1 unspecified atom stereocenters. The van der Waals surface area contributed by atoms with Gasteiger partial charge in [0.05, 0.1) is 10.9 Å². The van der Waals surface area contributed by atoms with Crippen LogP contribution in [-0.4, -0.2) is 39.9 Å². The standard InChI is InChI=1S/C9H16BrNO2/c1-2-8(10)9(13)11-5-3-7(12)4-6-11/h7-8,12H,2-6H2,1H3. The van der Waals surface area contributed by atoms with E-state index >= 15 is 0 Å². The molecule has 1 N–H and O–H groups in total. The zero-order valence-corrected chi connectivity index (χ0v) is 9.46. The molecule has 1 heterocycles. The largest absolute Gasteiger partial charge is 0.393 e. The van der Waals surface area contributed by atoms with Crippen LogP contribution in [0.2, 0.25) is 0 Å². The molecule has 1 amide bonds. The van der Waals surface area contributed by atoms with Gasteiger partial charge < -0.3 is 10.0 Å². The van der Waals surface area contributed by atoms with Gasteiger partial charge in [0, 0.05) is 13.1 Å². The first-order chi connectivity index (χ1) is 6.15. The quantitative estimate of drug-likeness (QED) is 0.747. The third kappa shape index (κ3) is 2.95. The van der Waals surface area contributed by atoms with Gasteiger partial charge in [-0.05, 0) is 19.3 Å². The summed E-state index contributed by atoms with van der Waals surface area (Å²) in [7, 11) is 0. The van der Waals surface area contributed by atoms with Crippen LogP contribution >= 0.6 is 15.9 Å². The Morgan fingerprint density at radius 3 is 2.62 bits per heavy atom. The molecule has 0 aromatic rings. The lowest BCUT2D eigenvalue weighted by Gasteiger charge is -2.30. The van der Waals surface area contributed by atoms with Crippen molar-refractivity contribution in [1.82, 2.24) is 4.90 Å². The lowest BCUT2D eigenvalue weighted by molar-refractivity contribution is -0.132. The Labute approximate surface area is 87.2 Å². The lowest BCUT2D eigenvalue weighted by Crippen LogP contribution is -2.43. The van der Waals surface area contributed by atoms with Gasteiger partial charge in [0.2, 0.25) is 5.91 Å². The zero-order chi connectivity index (χ0) is 9.84. The molecular weight excluding hydrogens is 234 g/mol. The van der Waals surface area contributed by atoms with Crippen LogP contribution in [0.3, 0.4) is 0 Å². The van der Waals surface area contributed by atoms with Crippen LogP contribution in [0.25, 0.3) is 0 Å². The van der Waals surface area contributed by atoms with Gasteiger partial charge >= 0.3 is 0 Å². The van der Waals surface area contributed by atoms with Gasteiger partial charge in [-0.25, -0.2) is 0 Å². The molecule has 1 saturated heterocycles. The van der Waals surface area contributed by atoms with E-state index in [2.05, 4.69) is 15.9 Å². The fraction of sp³-hybridized carbons (Fsp3) is 0.889. The predicted molar refractivity (Wildman–Crippen MR) is 54.8 cm³/mol. The molecule has 3 nitrogen and oxygen atoms in total. The maximum Gasteiger partial charge on any atom is 0.236 e. The average molecular weight is 250 g/mol. The van der Waals surface area contributed by atoms with Crippen LogP contribution in [0.15, 0.2) is 0 Å². The Hall–Kier alpha value is -0.0900. The summed E-state index contributed by atoms with van der Waals surface area (Å²) in [6, 6.07) is 0. The summed E-state index contributed by atoms with van der Waals surface area (Å²) in [5.41, 5.74) is 0. The SMILES string of the molecule is CCC(Br)C(=O)N1CCC(O)CC1. The predicted octanol–water partition coefficient (Wildman–Crippen LogP) is 1.14. The lowest BCUT2D eigenvalue weighted by atomic mass is 10.1. The minimum absolute atomic E-state index is 0.0530. The van der Waals surface area contributed by atoms with Gasteiger partial charge in [-0.3, -0.25) is 4.79 Å². The van der Waals surface area contributed by atoms with E-state index in [1.54, 1.807) is 0 Å². The number of alkyl halides is 1. The number of halogens is 1. The van der Waals surface area contributed by atoms with Gasteiger partial charge in [-0.15, -0.1) is 0 Å². The smallest absolute Gasteiger partial charge is 0.236 e. The molecule has 4 heteroatoms. The maximum atomic E-state index is 11.6. The number of hydrogen-bond acceptors (Lipinski definition) is 2. The van der Waals surface area contributed by atoms with Crippen molar-refractivity contribution in [1.29, 1.82) is 0 Å².